The Morgan fingerprint density at radius 3 is 3.00 bits per heavy atom. The molecule has 1 aromatic carbocycles. The number of methoxy groups -OCH3 is 1. The van der Waals surface area contributed by atoms with Crippen molar-refractivity contribution >= 4 is 21.8 Å². The first kappa shape index (κ1) is 14.9. The van der Waals surface area contributed by atoms with Gasteiger partial charge in [-0.2, -0.15) is 0 Å². The van der Waals surface area contributed by atoms with Crippen LogP contribution in [0.4, 0.5) is 0 Å². The Hall–Kier alpha value is -1.07. The Morgan fingerprint density at radius 2 is 2.19 bits per heavy atom. The van der Waals surface area contributed by atoms with Gasteiger partial charge in [0.15, 0.2) is 0 Å². The van der Waals surface area contributed by atoms with Crippen LogP contribution in [0.2, 0.25) is 0 Å². The molecule has 2 aliphatic rings. The Balaban J connectivity index is 1.87. The summed E-state index contributed by atoms with van der Waals surface area (Å²) in [5, 5.41) is 0. The van der Waals surface area contributed by atoms with E-state index in [0.717, 1.165) is 17.3 Å². The molecule has 2 unspecified atom stereocenters. The van der Waals surface area contributed by atoms with E-state index in [1.54, 1.807) is 7.11 Å². The van der Waals surface area contributed by atoms with Crippen LogP contribution in [0.3, 0.4) is 0 Å². The van der Waals surface area contributed by atoms with Crippen molar-refractivity contribution in [1.82, 2.24) is 4.90 Å². The molecule has 0 bridgehead atoms. The molecular weight excluding hydrogens is 334 g/mol. The monoisotopic (exact) mass is 353 g/mol. The lowest BCUT2D eigenvalue weighted by Crippen LogP contribution is -2.54. The van der Waals surface area contributed by atoms with Crippen molar-refractivity contribution in [3.63, 3.8) is 0 Å². The quantitative estimate of drug-likeness (QED) is 0.819. The smallest absolute Gasteiger partial charge is 0.258 e. The molecule has 1 aliphatic heterocycles. The van der Waals surface area contributed by atoms with Gasteiger partial charge in [-0.1, -0.05) is 28.8 Å². The minimum Gasteiger partial charge on any atom is -0.496 e. The summed E-state index contributed by atoms with van der Waals surface area (Å²) in [6.07, 6.45) is 4.68. The molecule has 1 saturated heterocycles. The van der Waals surface area contributed by atoms with Gasteiger partial charge in [0.2, 0.25) is 0 Å². The topological polar surface area (TPSA) is 38.8 Å². The zero-order valence-corrected chi connectivity index (χ0v) is 13.8. The molecule has 5 heteroatoms. The van der Waals surface area contributed by atoms with Crippen molar-refractivity contribution < 1.29 is 14.3 Å². The van der Waals surface area contributed by atoms with Gasteiger partial charge < -0.3 is 14.4 Å². The summed E-state index contributed by atoms with van der Waals surface area (Å²) >= 11 is 3.41. The first-order valence-electron chi connectivity index (χ1n) is 7.47. The Kier molecular flexibility index (Phi) is 4.50. The number of rotatable bonds is 2. The van der Waals surface area contributed by atoms with Crippen molar-refractivity contribution in [2.45, 2.75) is 37.8 Å². The third kappa shape index (κ3) is 2.94. The van der Waals surface area contributed by atoms with E-state index in [0.29, 0.717) is 24.5 Å². The lowest BCUT2D eigenvalue weighted by molar-refractivity contribution is -0.0753. The fourth-order valence-corrected chi connectivity index (χ4v) is 3.69. The summed E-state index contributed by atoms with van der Waals surface area (Å²) in [4.78, 5) is 14.9. The molecule has 114 valence electrons. The number of benzene rings is 1. The molecule has 0 radical (unpaired) electrons. The molecule has 1 saturated carbocycles. The number of hydrogen-bond donors (Lipinski definition) is 0. The third-order valence-electron chi connectivity index (χ3n) is 4.39. The minimum atomic E-state index is 0.0551. The van der Waals surface area contributed by atoms with Gasteiger partial charge in [-0.25, -0.2) is 0 Å². The Bertz CT molecular complexity index is 532. The van der Waals surface area contributed by atoms with Gasteiger partial charge in [0.25, 0.3) is 5.91 Å². The average molecular weight is 354 g/mol. The molecule has 2 fully saturated rings. The average Bonchev–Trinajstić information content (AvgIpc) is 2.53. The van der Waals surface area contributed by atoms with Crippen molar-refractivity contribution in [2.75, 3.05) is 20.3 Å². The Labute approximate surface area is 133 Å². The minimum absolute atomic E-state index is 0.0551. The van der Waals surface area contributed by atoms with Crippen LogP contribution in [0.25, 0.3) is 0 Å². The van der Waals surface area contributed by atoms with Crippen LogP contribution in [0, 0.1) is 0 Å². The highest BCUT2D eigenvalue weighted by Crippen LogP contribution is 2.31. The largest absolute Gasteiger partial charge is 0.496 e. The van der Waals surface area contributed by atoms with E-state index in [2.05, 4.69) is 15.9 Å². The van der Waals surface area contributed by atoms with Gasteiger partial charge in [0, 0.05) is 11.0 Å². The molecule has 1 aliphatic carbocycles. The standard InChI is InChI=1S/C16H20BrNO3/c1-20-15-10-11(17)6-7-12(15)16(19)18-8-9-21-14-5-3-2-4-13(14)18/h6-7,10,13-14H,2-5,8-9H2,1H3. The zero-order chi connectivity index (χ0) is 14.8. The van der Waals surface area contributed by atoms with Gasteiger partial charge in [0.05, 0.1) is 31.4 Å². The molecule has 2 atom stereocenters. The molecule has 0 spiro atoms. The summed E-state index contributed by atoms with van der Waals surface area (Å²) in [7, 11) is 1.60. The first-order chi connectivity index (χ1) is 10.2. The summed E-state index contributed by atoms with van der Waals surface area (Å²) in [6, 6.07) is 5.77. The van der Waals surface area contributed by atoms with E-state index in [9.17, 15) is 4.79 Å². The third-order valence-corrected chi connectivity index (χ3v) is 4.88. The molecule has 1 amide bonds. The summed E-state index contributed by atoms with van der Waals surface area (Å²) < 4.78 is 12.1. The first-order valence-corrected chi connectivity index (χ1v) is 8.26. The van der Waals surface area contributed by atoms with Gasteiger partial charge in [-0.15, -0.1) is 0 Å². The molecule has 3 rings (SSSR count). The fraction of sp³-hybridized carbons (Fsp3) is 0.562. The van der Waals surface area contributed by atoms with Gasteiger partial charge >= 0.3 is 0 Å². The molecule has 4 nitrogen and oxygen atoms in total. The maximum Gasteiger partial charge on any atom is 0.258 e. The van der Waals surface area contributed by atoms with Gasteiger partial charge in [-0.3, -0.25) is 4.79 Å². The molecular formula is C16H20BrNO3. The predicted molar refractivity (Wildman–Crippen MR) is 83.7 cm³/mol. The maximum atomic E-state index is 12.9. The molecule has 1 aromatic rings. The van der Waals surface area contributed by atoms with E-state index in [4.69, 9.17) is 9.47 Å². The molecule has 21 heavy (non-hydrogen) atoms. The van der Waals surface area contributed by atoms with E-state index in [1.165, 1.54) is 12.8 Å². The van der Waals surface area contributed by atoms with Crippen LogP contribution in [0.5, 0.6) is 5.75 Å². The molecule has 0 N–H and O–H groups in total. The number of nitrogens with zero attached hydrogens (tertiary/aromatic N) is 1. The van der Waals surface area contributed by atoms with E-state index >= 15 is 0 Å². The highest BCUT2D eigenvalue weighted by atomic mass is 79.9. The fourth-order valence-electron chi connectivity index (χ4n) is 3.35. The van der Waals surface area contributed by atoms with Crippen LogP contribution in [0.1, 0.15) is 36.0 Å². The molecule has 0 aromatic heterocycles. The summed E-state index contributed by atoms with van der Waals surface area (Å²) in [6.45, 7) is 1.30. The van der Waals surface area contributed by atoms with E-state index in [1.807, 2.05) is 23.1 Å². The van der Waals surface area contributed by atoms with Crippen LogP contribution < -0.4 is 4.74 Å². The number of fused-ring (bicyclic) bond motifs is 1. The number of ether oxygens (including phenoxy) is 2. The lowest BCUT2D eigenvalue weighted by Gasteiger charge is -2.43. The van der Waals surface area contributed by atoms with Gasteiger partial charge in [0.1, 0.15) is 5.75 Å². The van der Waals surface area contributed by atoms with Crippen molar-refractivity contribution in [3.05, 3.63) is 28.2 Å². The highest BCUT2D eigenvalue weighted by molar-refractivity contribution is 9.10. The van der Waals surface area contributed by atoms with Crippen molar-refractivity contribution in [3.8, 4) is 5.75 Å². The van der Waals surface area contributed by atoms with Crippen molar-refractivity contribution in [1.29, 1.82) is 0 Å². The number of amides is 1. The summed E-state index contributed by atoms with van der Waals surface area (Å²) in [5.41, 5.74) is 0.631. The predicted octanol–water partition coefficient (Wildman–Crippen LogP) is 3.24. The number of morpholine rings is 1. The van der Waals surface area contributed by atoms with Crippen molar-refractivity contribution in [2.24, 2.45) is 0 Å². The number of carbonyl (C=O) groups is 1. The second-order valence-corrected chi connectivity index (χ2v) is 6.52. The normalized spacial score (nSPS) is 25.3. The van der Waals surface area contributed by atoms with Crippen LogP contribution in [-0.4, -0.2) is 43.2 Å². The van der Waals surface area contributed by atoms with Crippen LogP contribution >= 0.6 is 15.9 Å². The van der Waals surface area contributed by atoms with E-state index in [-0.39, 0.29) is 18.1 Å². The highest BCUT2D eigenvalue weighted by Gasteiger charge is 2.37. The zero-order valence-electron chi connectivity index (χ0n) is 12.2. The van der Waals surface area contributed by atoms with Gasteiger partial charge in [-0.05, 0) is 31.0 Å². The van der Waals surface area contributed by atoms with Crippen LogP contribution in [-0.2, 0) is 4.74 Å². The van der Waals surface area contributed by atoms with Crippen LogP contribution in [0.15, 0.2) is 22.7 Å². The number of halogens is 1. The number of carbonyl (C=O) groups excluding carboxylic acids is 1. The lowest BCUT2D eigenvalue weighted by atomic mass is 9.89. The molecule has 1 heterocycles. The summed E-state index contributed by atoms with van der Waals surface area (Å²) in [5.74, 6) is 0.674. The van der Waals surface area contributed by atoms with E-state index < -0.39 is 0 Å². The second-order valence-electron chi connectivity index (χ2n) is 5.60. The SMILES string of the molecule is COc1cc(Br)ccc1C(=O)N1CCOC2CCCCC21. The Morgan fingerprint density at radius 1 is 1.38 bits per heavy atom. The maximum absolute atomic E-state index is 12.9. The number of hydrogen-bond acceptors (Lipinski definition) is 3. The second kappa shape index (κ2) is 6.36.